The normalized spacial score (nSPS) is 20.0. The minimum absolute atomic E-state index is 0.110. The van der Waals surface area contributed by atoms with Gasteiger partial charge in [0.2, 0.25) is 17.8 Å². The molecular formula is C17H14F4N4O2. The number of nitrogens with one attached hydrogen (secondary N) is 1. The van der Waals surface area contributed by atoms with Crippen LogP contribution in [-0.4, -0.2) is 40.3 Å². The zero-order valence-electron chi connectivity index (χ0n) is 14.0. The van der Waals surface area contributed by atoms with Crippen molar-refractivity contribution >= 4 is 17.6 Å². The molecule has 1 aliphatic heterocycles. The lowest BCUT2D eigenvalue weighted by Gasteiger charge is -2.17. The van der Waals surface area contributed by atoms with E-state index in [4.69, 9.17) is 0 Å². The van der Waals surface area contributed by atoms with Gasteiger partial charge in [0, 0.05) is 25.6 Å². The van der Waals surface area contributed by atoms with E-state index in [2.05, 4.69) is 15.3 Å². The Morgan fingerprint density at radius 1 is 1.22 bits per heavy atom. The Labute approximate surface area is 151 Å². The van der Waals surface area contributed by atoms with Crippen molar-refractivity contribution in [3.8, 4) is 0 Å². The van der Waals surface area contributed by atoms with Crippen LogP contribution >= 0.6 is 0 Å². The second-order valence-corrected chi connectivity index (χ2v) is 6.14. The number of rotatable bonds is 3. The first-order chi connectivity index (χ1) is 12.7. The first-order valence-corrected chi connectivity index (χ1v) is 7.87. The third kappa shape index (κ3) is 3.88. The van der Waals surface area contributed by atoms with E-state index in [1.807, 2.05) is 0 Å². The van der Waals surface area contributed by atoms with Crippen LogP contribution in [-0.2, 0) is 15.8 Å². The third-order valence-electron chi connectivity index (χ3n) is 4.35. The molecule has 1 fully saturated rings. The fourth-order valence-corrected chi connectivity index (χ4v) is 3.02. The van der Waals surface area contributed by atoms with E-state index in [1.54, 1.807) is 0 Å². The number of carbonyl (C=O) groups excluding carboxylic acids is 2. The number of carbonyl (C=O) groups is 2. The number of amides is 2. The summed E-state index contributed by atoms with van der Waals surface area (Å²) in [4.78, 5) is 33.3. The Balaban J connectivity index is 1.85. The summed E-state index contributed by atoms with van der Waals surface area (Å²) < 4.78 is 51.3. The van der Waals surface area contributed by atoms with Crippen molar-refractivity contribution in [2.45, 2.75) is 12.1 Å². The highest BCUT2D eigenvalue weighted by atomic mass is 19.4. The van der Waals surface area contributed by atoms with E-state index in [0.29, 0.717) is 5.56 Å². The number of alkyl halides is 3. The number of nitrogens with zero attached hydrogens (tertiary/aromatic N) is 3. The molecule has 1 saturated heterocycles. The van der Waals surface area contributed by atoms with Crippen molar-refractivity contribution < 1.29 is 27.2 Å². The number of aromatic nitrogens is 2. The van der Waals surface area contributed by atoms with E-state index in [-0.39, 0.29) is 12.4 Å². The van der Waals surface area contributed by atoms with Gasteiger partial charge in [-0.15, -0.1) is 0 Å². The monoisotopic (exact) mass is 382 g/mol. The topological polar surface area (TPSA) is 75.2 Å². The van der Waals surface area contributed by atoms with Crippen molar-refractivity contribution in [1.29, 1.82) is 0 Å². The van der Waals surface area contributed by atoms with Crippen molar-refractivity contribution in [1.82, 2.24) is 14.9 Å². The molecule has 0 spiro atoms. The van der Waals surface area contributed by atoms with Crippen LogP contribution < -0.4 is 5.32 Å². The Hall–Kier alpha value is -3.04. The van der Waals surface area contributed by atoms with Gasteiger partial charge in [-0.1, -0.05) is 12.1 Å². The molecule has 27 heavy (non-hydrogen) atoms. The fraction of sp³-hybridized carbons (Fsp3) is 0.294. The van der Waals surface area contributed by atoms with Crippen LogP contribution in [0.4, 0.5) is 23.4 Å². The highest BCUT2D eigenvalue weighted by molar-refractivity contribution is 6.08. The van der Waals surface area contributed by atoms with Gasteiger partial charge in [0.15, 0.2) is 0 Å². The fourth-order valence-electron chi connectivity index (χ4n) is 3.02. The molecular weight excluding hydrogens is 368 g/mol. The van der Waals surface area contributed by atoms with Crippen LogP contribution in [0.25, 0.3) is 0 Å². The largest absolute Gasteiger partial charge is 0.416 e. The molecule has 1 aliphatic rings. The van der Waals surface area contributed by atoms with E-state index >= 15 is 0 Å². The predicted molar refractivity (Wildman–Crippen MR) is 85.9 cm³/mol. The molecule has 0 radical (unpaired) electrons. The van der Waals surface area contributed by atoms with Crippen molar-refractivity contribution in [3.63, 3.8) is 0 Å². The number of likely N-dealkylation sites (N-methyl/N-ethyl adjacent to an activating group) is 1. The second kappa shape index (κ2) is 6.93. The number of anilines is 1. The standard InChI is InChI=1S/C17H14F4N4O2/c1-25-7-11(9-2-4-10(5-3-9)17(19,20)21)14(16(25)27)15(26)24-13-6-12(18)22-8-23-13/h2-6,8,11,14H,7H2,1H3,(H,22,23,24,26)/t11-,14+/m0/s1. The summed E-state index contributed by atoms with van der Waals surface area (Å²) in [5, 5.41) is 2.35. The van der Waals surface area contributed by atoms with Crippen LogP contribution in [0.5, 0.6) is 0 Å². The highest BCUT2D eigenvalue weighted by Crippen LogP contribution is 2.36. The second-order valence-electron chi connectivity index (χ2n) is 6.14. The molecule has 6 nitrogen and oxygen atoms in total. The van der Waals surface area contributed by atoms with E-state index in [0.717, 1.165) is 24.5 Å². The van der Waals surface area contributed by atoms with E-state index < -0.39 is 41.3 Å². The van der Waals surface area contributed by atoms with Gasteiger partial charge in [0.1, 0.15) is 18.1 Å². The first-order valence-electron chi connectivity index (χ1n) is 7.87. The summed E-state index contributed by atoms with van der Waals surface area (Å²) >= 11 is 0. The molecule has 0 saturated carbocycles. The van der Waals surface area contributed by atoms with Gasteiger partial charge in [-0.05, 0) is 17.7 Å². The molecule has 2 atom stereocenters. The Bertz CT molecular complexity index is 870. The Morgan fingerprint density at radius 3 is 2.48 bits per heavy atom. The molecule has 0 aliphatic carbocycles. The quantitative estimate of drug-likeness (QED) is 0.503. The lowest BCUT2D eigenvalue weighted by atomic mass is 9.87. The zero-order valence-corrected chi connectivity index (χ0v) is 14.0. The molecule has 1 aromatic heterocycles. The summed E-state index contributed by atoms with van der Waals surface area (Å²) in [7, 11) is 1.50. The van der Waals surface area contributed by atoms with Gasteiger partial charge in [-0.25, -0.2) is 9.97 Å². The van der Waals surface area contributed by atoms with Gasteiger partial charge in [0.25, 0.3) is 0 Å². The highest BCUT2D eigenvalue weighted by Gasteiger charge is 2.44. The molecule has 142 valence electrons. The molecule has 3 rings (SSSR count). The number of halogens is 4. The molecule has 0 unspecified atom stereocenters. The smallest absolute Gasteiger partial charge is 0.344 e. The molecule has 0 bridgehead atoms. The first kappa shape index (κ1) is 18.7. The van der Waals surface area contributed by atoms with Crippen LogP contribution in [0.15, 0.2) is 36.7 Å². The number of likely N-dealkylation sites (tertiary alicyclic amines) is 1. The molecule has 2 amide bonds. The summed E-state index contributed by atoms with van der Waals surface area (Å²) in [6.45, 7) is 0.167. The maximum Gasteiger partial charge on any atom is 0.416 e. The predicted octanol–water partition coefficient (Wildman–Crippen LogP) is 2.45. The maximum absolute atomic E-state index is 13.1. The lowest BCUT2D eigenvalue weighted by Crippen LogP contribution is -2.33. The number of benzene rings is 1. The summed E-state index contributed by atoms with van der Waals surface area (Å²) in [6.07, 6.45) is -3.56. The van der Waals surface area contributed by atoms with Crippen molar-refractivity contribution in [2.75, 3.05) is 18.9 Å². The zero-order chi connectivity index (χ0) is 19.8. The van der Waals surface area contributed by atoms with Gasteiger partial charge in [-0.2, -0.15) is 17.6 Å². The minimum atomic E-state index is -4.48. The number of hydrogen-bond donors (Lipinski definition) is 1. The van der Waals surface area contributed by atoms with E-state index in [1.165, 1.54) is 24.1 Å². The van der Waals surface area contributed by atoms with E-state index in [9.17, 15) is 27.2 Å². The van der Waals surface area contributed by atoms with Gasteiger partial charge >= 0.3 is 6.18 Å². The van der Waals surface area contributed by atoms with Crippen molar-refractivity contribution in [3.05, 3.63) is 53.7 Å². The number of hydrogen-bond acceptors (Lipinski definition) is 4. The summed E-state index contributed by atoms with van der Waals surface area (Å²) in [6, 6.07) is 5.23. The average molecular weight is 382 g/mol. The average Bonchev–Trinajstić information content (AvgIpc) is 2.89. The Morgan fingerprint density at radius 2 is 1.89 bits per heavy atom. The van der Waals surface area contributed by atoms with Crippen LogP contribution in [0.1, 0.15) is 17.0 Å². The third-order valence-corrected chi connectivity index (χ3v) is 4.35. The Kier molecular flexibility index (Phi) is 4.81. The molecule has 1 aromatic carbocycles. The molecule has 2 heterocycles. The van der Waals surface area contributed by atoms with Crippen LogP contribution in [0.3, 0.4) is 0 Å². The lowest BCUT2D eigenvalue weighted by molar-refractivity contribution is -0.138. The van der Waals surface area contributed by atoms with Gasteiger partial charge < -0.3 is 10.2 Å². The SMILES string of the molecule is CN1C[C@@H](c2ccc(C(F)(F)F)cc2)[C@H](C(=O)Nc2cc(F)ncn2)C1=O. The molecule has 10 heteroatoms. The van der Waals surface area contributed by atoms with Gasteiger partial charge in [0.05, 0.1) is 5.56 Å². The maximum atomic E-state index is 13.1. The van der Waals surface area contributed by atoms with Crippen LogP contribution in [0, 0.1) is 11.9 Å². The van der Waals surface area contributed by atoms with Crippen molar-refractivity contribution in [2.24, 2.45) is 5.92 Å². The summed E-state index contributed by atoms with van der Waals surface area (Å²) in [5.41, 5.74) is -0.392. The molecule has 2 aromatic rings. The minimum Gasteiger partial charge on any atom is -0.344 e. The van der Waals surface area contributed by atoms with Gasteiger partial charge in [-0.3, -0.25) is 9.59 Å². The molecule has 1 N–H and O–H groups in total. The summed E-state index contributed by atoms with van der Waals surface area (Å²) in [5.74, 6) is -3.96. The van der Waals surface area contributed by atoms with Crippen LogP contribution in [0.2, 0.25) is 0 Å².